The second kappa shape index (κ2) is 6.54. The van der Waals surface area contributed by atoms with E-state index in [0.717, 1.165) is 5.56 Å². The Morgan fingerprint density at radius 1 is 1.53 bits per heavy atom. The average molecular weight is 265 g/mol. The molecule has 3 unspecified atom stereocenters. The third-order valence-corrected chi connectivity index (χ3v) is 3.11. The molecule has 2 N–H and O–H groups in total. The summed E-state index contributed by atoms with van der Waals surface area (Å²) >= 11 is 0. The molecular formula is C14H19NO4. The molecule has 0 saturated carbocycles. The molecule has 19 heavy (non-hydrogen) atoms. The van der Waals surface area contributed by atoms with E-state index in [-0.39, 0.29) is 18.8 Å². The van der Waals surface area contributed by atoms with E-state index in [1.165, 1.54) is 0 Å². The summed E-state index contributed by atoms with van der Waals surface area (Å²) in [6.07, 6.45) is -0.717. The van der Waals surface area contributed by atoms with Gasteiger partial charge in [0.25, 0.3) is 0 Å². The van der Waals surface area contributed by atoms with Gasteiger partial charge in [0, 0.05) is 0 Å². The predicted octanol–water partition coefficient (Wildman–Crippen LogP) is 1.45. The molecule has 0 bridgehead atoms. The minimum atomic E-state index is -0.672. The number of benzene rings is 1. The van der Waals surface area contributed by atoms with Crippen LogP contribution in [0.15, 0.2) is 30.3 Å². The van der Waals surface area contributed by atoms with Crippen molar-refractivity contribution in [3.8, 4) is 0 Å². The number of hydrogen-bond donors (Lipinski definition) is 2. The molecule has 1 saturated heterocycles. The smallest absolute Gasteiger partial charge is 0.407 e. The number of aliphatic hydroxyl groups excluding tert-OH is 1. The van der Waals surface area contributed by atoms with Crippen molar-refractivity contribution < 1.29 is 19.4 Å². The normalized spacial score (nSPS) is 20.4. The van der Waals surface area contributed by atoms with Crippen molar-refractivity contribution in [1.29, 1.82) is 0 Å². The molecule has 104 valence electrons. The number of carbonyl (C=O) groups excluding carboxylic acids is 1. The van der Waals surface area contributed by atoms with Crippen LogP contribution in [0, 0.1) is 0 Å². The van der Waals surface area contributed by atoms with E-state index in [9.17, 15) is 9.90 Å². The van der Waals surface area contributed by atoms with Crippen LogP contribution in [0.1, 0.15) is 18.9 Å². The number of rotatable bonds is 6. The van der Waals surface area contributed by atoms with Gasteiger partial charge in [0.1, 0.15) is 18.8 Å². The summed E-state index contributed by atoms with van der Waals surface area (Å²) in [6, 6.07) is 9.12. The lowest BCUT2D eigenvalue weighted by Gasteiger charge is -2.21. The van der Waals surface area contributed by atoms with E-state index < -0.39 is 12.2 Å². The first-order valence-corrected chi connectivity index (χ1v) is 6.47. The van der Waals surface area contributed by atoms with Gasteiger partial charge in [-0.25, -0.2) is 4.79 Å². The van der Waals surface area contributed by atoms with Gasteiger partial charge in [-0.2, -0.15) is 0 Å². The van der Waals surface area contributed by atoms with Crippen LogP contribution in [0.4, 0.5) is 4.79 Å². The fourth-order valence-electron chi connectivity index (χ4n) is 1.86. The Morgan fingerprint density at radius 3 is 2.79 bits per heavy atom. The van der Waals surface area contributed by atoms with Crippen LogP contribution in [0.2, 0.25) is 0 Å². The second-order valence-corrected chi connectivity index (χ2v) is 4.58. The van der Waals surface area contributed by atoms with Gasteiger partial charge in [0.05, 0.1) is 12.6 Å². The lowest BCUT2D eigenvalue weighted by molar-refractivity contribution is 0.0810. The van der Waals surface area contributed by atoms with Crippen LogP contribution in [0.25, 0.3) is 0 Å². The van der Waals surface area contributed by atoms with Crippen molar-refractivity contribution in [2.45, 2.75) is 38.2 Å². The Bertz CT molecular complexity index is 405. The Balaban J connectivity index is 1.76. The fraction of sp³-hybridized carbons (Fsp3) is 0.500. The zero-order valence-electron chi connectivity index (χ0n) is 10.9. The molecule has 1 amide bonds. The van der Waals surface area contributed by atoms with Crippen molar-refractivity contribution in [2.75, 3.05) is 6.61 Å². The van der Waals surface area contributed by atoms with Crippen LogP contribution >= 0.6 is 0 Å². The largest absolute Gasteiger partial charge is 0.445 e. The monoisotopic (exact) mass is 265 g/mol. The first kappa shape index (κ1) is 13.8. The van der Waals surface area contributed by atoms with Gasteiger partial charge in [0.15, 0.2) is 0 Å². The van der Waals surface area contributed by atoms with Gasteiger partial charge in [-0.15, -0.1) is 0 Å². The summed E-state index contributed by atoms with van der Waals surface area (Å²) in [7, 11) is 0. The molecule has 1 heterocycles. The molecule has 0 spiro atoms. The molecule has 1 fully saturated rings. The molecule has 1 aromatic carbocycles. The zero-order valence-corrected chi connectivity index (χ0v) is 10.9. The molecule has 1 aromatic rings. The predicted molar refractivity (Wildman–Crippen MR) is 69.6 cm³/mol. The second-order valence-electron chi connectivity index (χ2n) is 4.58. The van der Waals surface area contributed by atoms with E-state index in [0.29, 0.717) is 13.0 Å². The highest BCUT2D eigenvalue weighted by Crippen LogP contribution is 2.18. The van der Waals surface area contributed by atoms with Gasteiger partial charge in [0.2, 0.25) is 0 Å². The lowest BCUT2D eigenvalue weighted by Crippen LogP contribution is -2.45. The number of amides is 1. The minimum absolute atomic E-state index is 0.153. The third kappa shape index (κ3) is 4.22. The summed E-state index contributed by atoms with van der Waals surface area (Å²) in [5, 5.41) is 12.6. The molecule has 2 rings (SSSR count). The quantitative estimate of drug-likeness (QED) is 0.764. The molecule has 5 heteroatoms. The molecule has 1 aliphatic heterocycles. The van der Waals surface area contributed by atoms with Crippen LogP contribution in [-0.4, -0.2) is 36.1 Å². The molecule has 0 radical (unpaired) electrons. The summed E-state index contributed by atoms with van der Waals surface area (Å²) in [6.45, 7) is 2.67. The Labute approximate surface area is 112 Å². The van der Waals surface area contributed by atoms with Crippen LogP contribution in [-0.2, 0) is 16.1 Å². The molecule has 5 nitrogen and oxygen atoms in total. The number of nitrogens with one attached hydrogen (secondary N) is 1. The van der Waals surface area contributed by atoms with Crippen molar-refractivity contribution in [3.63, 3.8) is 0 Å². The molecule has 1 aliphatic rings. The van der Waals surface area contributed by atoms with E-state index in [1.807, 2.05) is 37.3 Å². The number of epoxide rings is 1. The Kier molecular flexibility index (Phi) is 4.76. The highest BCUT2D eigenvalue weighted by Gasteiger charge is 2.36. The average Bonchev–Trinajstić information content (AvgIpc) is 3.27. The fourth-order valence-corrected chi connectivity index (χ4v) is 1.86. The van der Waals surface area contributed by atoms with E-state index >= 15 is 0 Å². The highest BCUT2D eigenvalue weighted by molar-refractivity contribution is 5.67. The maximum Gasteiger partial charge on any atom is 0.407 e. The zero-order chi connectivity index (χ0) is 13.7. The third-order valence-electron chi connectivity index (χ3n) is 3.11. The number of carbonyl (C=O) groups is 1. The summed E-state index contributed by atoms with van der Waals surface area (Å²) in [5.74, 6) is 0. The van der Waals surface area contributed by atoms with Crippen molar-refractivity contribution >= 4 is 6.09 Å². The number of hydrogen-bond acceptors (Lipinski definition) is 4. The summed E-state index contributed by atoms with van der Waals surface area (Å²) in [4.78, 5) is 11.6. The number of aliphatic hydroxyl groups is 1. The van der Waals surface area contributed by atoms with Crippen LogP contribution < -0.4 is 5.32 Å². The summed E-state index contributed by atoms with van der Waals surface area (Å²) < 4.78 is 10.1. The van der Waals surface area contributed by atoms with Crippen LogP contribution in [0.5, 0.6) is 0 Å². The van der Waals surface area contributed by atoms with Crippen molar-refractivity contribution in [2.24, 2.45) is 0 Å². The van der Waals surface area contributed by atoms with Gasteiger partial charge < -0.3 is 19.9 Å². The molecule has 0 aliphatic carbocycles. The van der Waals surface area contributed by atoms with Gasteiger partial charge in [-0.3, -0.25) is 0 Å². The number of alkyl carbamates (subject to hydrolysis) is 1. The van der Waals surface area contributed by atoms with Gasteiger partial charge in [-0.05, 0) is 12.0 Å². The molecule has 0 aromatic heterocycles. The first-order chi connectivity index (χ1) is 9.20. The van der Waals surface area contributed by atoms with Crippen LogP contribution in [0.3, 0.4) is 0 Å². The molecular weight excluding hydrogens is 246 g/mol. The van der Waals surface area contributed by atoms with Gasteiger partial charge in [-0.1, -0.05) is 37.3 Å². The maximum atomic E-state index is 11.6. The van der Waals surface area contributed by atoms with E-state index in [2.05, 4.69) is 5.32 Å². The lowest BCUT2D eigenvalue weighted by atomic mass is 10.1. The summed E-state index contributed by atoms with van der Waals surface area (Å²) in [5.41, 5.74) is 0.928. The highest BCUT2D eigenvalue weighted by atomic mass is 16.6. The van der Waals surface area contributed by atoms with E-state index in [1.54, 1.807) is 0 Å². The van der Waals surface area contributed by atoms with Crippen molar-refractivity contribution in [3.05, 3.63) is 35.9 Å². The van der Waals surface area contributed by atoms with Gasteiger partial charge >= 0.3 is 6.09 Å². The topological polar surface area (TPSA) is 71.1 Å². The number of ether oxygens (including phenoxy) is 2. The minimum Gasteiger partial charge on any atom is -0.445 e. The first-order valence-electron chi connectivity index (χ1n) is 6.47. The maximum absolute atomic E-state index is 11.6. The Morgan fingerprint density at radius 2 is 2.21 bits per heavy atom. The SMILES string of the molecule is CCC(NC(=O)OCc1ccccc1)C(O)C1CO1. The van der Waals surface area contributed by atoms with E-state index in [4.69, 9.17) is 9.47 Å². The standard InChI is InChI=1S/C14H19NO4/c1-2-11(13(16)12-9-18-12)15-14(17)19-8-10-6-4-3-5-7-10/h3-7,11-13,16H,2,8-9H2,1H3,(H,15,17). The Hall–Kier alpha value is -1.59. The van der Waals surface area contributed by atoms with Crippen molar-refractivity contribution in [1.82, 2.24) is 5.32 Å². The molecule has 3 atom stereocenters.